The highest BCUT2D eigenvalue weighted by Gasteiger charge is 2.61. The van der Waals surface area contributed by atoms with Gasteiger partial charge in [-0.2, -0.15) is 9.59 Å². The molecule has 32 heavy (non-hydrogen) atoms. The Kier molecular flexibility index (Phi) is 5.47. The number of nitrogens with one attached hydrogen (secondary N) is 1. The monoisotopic (exact) mass is 449 g/mol. The lowest BCUT2D eigenvalue weighted by molar-refractivity contribution is -0.191. The second-order valence-corrected chi connectivity index (χ2v) is 9.81. The van der Waals surface area contributed by atoms with Gasteiger partial charge in [-0.3, -0.25) is 0 Å². The van der Waals surface area contributed by atoms with Crippen molar-refractivity contribution in [3.05, 3.63) is 53.9 Å². The lowest BCUT2D eigenvalue weighted by Crippen LogP contribution is -2.55. The van der Waals surface area contributed by atoms with Crippen LogP contribution in [0.1, 0.15) is 43.7 Å². The molecule has 2 aromatic heterocycles. The van der Waals surface area contributed by atoms with Crippen molar-refractivity contribution in [3.8, 4) is 0 Å². The molecule has 4 heterocycles. The molecule has 2 aliphatic heterocycles. The van der Waals surface area contributed by atoms with Crippen LogP contribution >= 0.6 is 11.9 Å². The third-order valence-electron chi connectivity index (χ3n) is 7.14. The third-order valence-corrected chi connectivity index (χ3v) is 8.41. The molecule has 1 saturated carbocycles. The van der Waals surface area contributed by atoms with Crippen molar-refractivity contribution in [1.29, 1.82) is 0 Å². The fraction of sp³-hybridized carbons (Fsp3) is 0.391. The van der Waals surface area contributed by atoms with Crippen LogP contribution in [0.3, 0.4) is 0 Å². The Morgan fingerprint density at radius 2 is 2.03 bits per heavy atom. The minimum Gasteiger partial charge on any atom is -0.423 e. The molecule has 0 bridgehead atoms. The van der Waals surface area contributed by atoms with Gasteiger partial charge in [0.15, 0.2) is 0 Å². The lowest BCUT2D eigenvalue weighted by Gasteiger charge is -2.50. The Balaban J connectivity index is 0.000000684. The second-order valence-electron chi connectivity index (χ2n) is 8.72. The summed E-state index contributed by atoms with van der Waals surface area (Å²) in [5.74, 6) is 0. The van der Waals surface area contributed by atoms with Crippen molar-refractivity contribution in [2.45, 2.75) is 55.1 Å². The van der Waals surface area contributed by atoms with Crippen molar-refractivity contribution in [1.82, 2.24) is 14.3 Å². The van der Waals surface area contributed by atoms with Crippen LogP contribution in [0.25, 0.3) is 11.0 Å². The van der Waals surface area contributed by atoms with E-state index in [4.69, 9.17) is 14.2 Å². The fourth-order valence-electron chi connectivity index (χ4n) is 5.51. The molecule has 3 aliphatic rings. The summed E-state index contributed by atoms with van der Waals surface area (Å²) in [6.45, 7) is 3.29. The normalized spacial score (nSPS) is 26.1. The van der Waals surface area contributed by atoms with Gasteiger partial charge in [0.2, 0.25) is 0 Å². The summed E-state index contributed by atoms with van der Waals surface area (Å²) < 4.78 is 8.83. The molecule has 164 valence electrons. The summed E-state index contributed by atoms with van der Waals surface area (Å²) >= 11 is 1.87. The van der Waals surface area contributed by atoms with E-state index < -0.39 is 12.7 Å². The lowest BCUT2D eigenvalue weighted by atomic mass is 9.77. The predicted octanol–water partition coefficient (Wildman–Crippen LogP) is 2.79. The fourth-order valence-corrected chi connectivity index (χ4v) is 6.65. The number of nitrogens with zero attached hydrogens (tertiary/aromatic N) is 2. The average Bonchev–Trinajstić information content (AvgIpc) is 3.49. The zero-order chi connectivity index (χ0) is 22.3. The maximum atomic E-state index is 10.6. The van der Waals surface area contributed by atoms with Gasteiger partial charge in [0.05, 0.1) is 5.60 Å². The quantitative estimate of drug-likeness (QED) is 0.469. The molecule has 2 atom stereocenters. The van der Waals surface area contributed by atoms with Gasteiger partial charge in [-0.25, -0.2) is 9.29 Å². The maximum Gasteiger partial charge on any atom is 0.493 e. The van der Waals surface area contributed by atoms with Crippen molar-refractivity contribution >= 4 is 41.7 Å². The smallest absolute Gasteiger partial charge is 0.423 e. The number of fused-ring (bicyclic) bond motifs is 4. The van der Waals surface area contributed by atoms with Gasteiger partial charge in [-0.15, -0.1) is 0 Å². The summed E-state index contributed by atoms with van der Waals surface area (Å²) in [6.07, 6.45) is 9.16. The van der Waals surface area contributed by atoms with Crippen LogP contribution in [-0.2, 0) is 26.3 Å². The molecule has 2 N–H and O–H groups in total. The highest BCUT2D eigenvalue weighted by Crippen LogP contribution is 2.59. The van der Waals surface area contributed by atoms with Crippen molar-refractivity contribution in [3.63, 3.8) is 0 Å². The van der Waals surface area contributed by atoms with E-state index in [0.717, 1.165) is 54.3 Å². The number of aryl methyl sites for hydroxylation is 1. The second kappa shape index (κ2) is 8.17. The summed E-state index contributed by atoms with van der Waals surface area (Å²) in [7, 11) is -0.880. The van der Waals surface area contributed by atoms with Gasteiger partial charge in [-0.1, -0.05) is 19.1 Å². The van der Waals surface area contributed by atoms with Crippen LogP contribution in [-0.4, -0.2) is 44.7 Å². The Morgan fingerprint density at radius 1 is 1.25 bits per heavy atom. The number of hydrogen-bond acceptors (Lipinski definition) is 7. The Morgan fingerprint density at radius 3 is 2.72 bits per heavy atom. The molecule has 6 rings (SSSR count). The molecule has 1 aliphatic carbocycles. The SMILES string of the molecule is CCc1ccc(SN2CCC23CCC2(C3)OB(O)c3cnc4[nH]ccc4c32)cc1.O=C=O. The summed E-state index contributed by atoms with van der Waals surface area (Å²) in [4.78, 5) is 25.2. The average molecular weight is 449 g/mol. The summed E-state index contributed by atoms with van der Waals surface area (Å²) in [5.41, 5.74) is 3.96. The number of aromatic nitrogens is 2. The highest BCUT2D eigenvalue weighted by molar-refractivity contribution is 7.97. The van der Waals surface area contributed by atoms with E-state index >= 15 is 0 Å². The number of aromatic amines is 1. The number of benzene rings is 1. The van der Waals surface area contributed by atoms with Crippen LogP contribution < -0.4 is 5.46 Å². The van der Waals surface area contributed by atoms with Crippen LogP contribution in [0.5, 0.6) is 0 Å². The molecule has 7 nitrogen and oxygen atoms in total. The number of carbonyl (C=O) groups excluding carboxylic acids is 2. The zero-order valence-corrected chi connectivity index (χ0v) is 18.7. The number of pyridine rings is 1. The number of H-pyrrole nitrogens is 1. The zero-order valence-electron chi connectivity index (χ0n) is 17.8. The van der Waals surface area contributed by atoms with E-state index in [1.807, 2.05) is 18.1 Å². The Bertz CT molecular complexity index is 1180. The largest absolute Gasteiger partial charge is 0.493 e. The molecule has 2 spiro atoms. The summed E-state index contributed by atoms with van der Waals surface area (Å²) in [6, 6.07) is 11.0. The van der Waals surface area contributed by atoms with Gasteiger partial charge >= 0.3 is 13.3 Å². The van der Waals surface area contributed by atoms with Crippen LogP contribution in [0, 0.1) is 0 Å². The molecule has 2 fully saturated rings. The van der Waals surface area contributed by atoms with E-state index in [1.54, 1.807) is 6.20 Å². The maximum absolute atomic E-state index is 10.6. The molecule has 2 unspecified atom stereocenters. The first kappa shape index (κ1) is 21.4. The number of hydrogen-bond donors (Lipinski definition) is 2. The van der Waals surface area contributed by atoms with E-state index in [2.05, 4.69) is 51.5 Å². The molecule has 9 heteroatoms. The molecule has 3 aromatic rings. The molecule has 0 amide bonds. The van der Waals surface area contributed by atoms with Crippen LogP contribution in [0.15, 0.2) is 47.6 Å². The third kappa shape index (κ3) is 3.32. The topological polar surface area (TPSA) is 95.5 Å². The molecular formula is C23H24BN3O4S. The molecule has 1 saturated heterocycles. The molecule has 0 radical (unpaired) electrons. The van der Waals surface area contributed by atoms with Crippen LogP contribution in [0.4, 0.5) is 0 Å². The van der Waals surface area contributed by atoms with Crippen molar-refractivity contribution in [2.24, 2.45) is 0 Å². The van der Waals surface area contributed by atoms with Crippen molar-refractivity contribution < 1.29 is 19.3 Å². The number of rotatable bonds is 3. The van der Waals surface area contributed by atoms with Gasteiger partial charge in [-0.05, 0) is 73.4 Å². The van der Waals surface area contributed by atoms with Crippen molar-refractivity contribution in [2.75, 3.05) is 6.54 Å². The first-order chi connectivity index (χ1) is 15.5. The predicted molar refractivity (Wildman–Crippen MR) is 121 cm³/mol. The van der Waals surface area contributed by atoms with E-state index in [1.165, 1.54) is 16.9 Å². The van der Waals surface area contributed by atoms with E-state index in [-0.39, 0.29) is 11.7 Å². The van der Waals surface area contributed by atoms with Gasteiger partial charge in [0.1, 0.15) is 5.65 Å². The summed E-state index contributed by atoms with van der Waals surface area (Å²) in [5, 5.41) is 11.7. The molecule has 1 aromatic carbocycles. The van der Waals surface area contributed by atoms with E-state index in [0.29, 0.717) is 0 Å². The van der Waals surface area contributed by atoms with Gasteiger partial charge < -0.3 is 14.7 Å². The minimum atomic E-state index is -0.880. The molecular weight excluding hydrogens is 425 g/mol. The Hall–Kier alpha value is -2.42. The first-order valence-corrected chi connectivity index (χ1v) is 11.7. The minimum absolute atomic E-state index is 0.140. The standard InChI is InChI=1S/C22H24BN3O2S.CO2/c1-2-15-3-5-16(6-4-15)29-26-12-10-21(26)8-9-22(14-21)19-17-7-11-24-20(17)25-13-18(19)23(27)28-22;2-1-3/h3-7,11,13,27H,2,8-10,12,14H2,1H3,(H,24,25);. The van der Waals surface area contributed by atoms with E-state index in [9.17, 15) is 5.02 Å². The van der Waals surface area contributed by atoms with Crippen LogP contribution in [0.2, 0.25) is 0 Å². The van der Waals surface area contributed by atoms with Gasteiger partial charge in [0, 0.05) is 40.2 Å². The Labute approximate surface area is 190 Å². The van der Waals surface area contributed by atoms with Gasteiger partial charge in [0.25, 0.3) is 0 Å². The first-order valence-electron chi connectivity index (χ1n) is 10.9. The highest BCUT2D eigenvalue weighted by atomic mass is 32.2.